The summed E-state index contributed by atoms with van der Waals surface area (Å²) in [6.07, 6.45) is 11.7. The van der Waals surface area contributed by atoms with E-state index in [2.05, 4.69) is 34.7 Å². The summed E-state index contributed by atoms with van der Waals surface area (Å²) in [5.74, 6) is 6.54. The summed E-state index contributed by atoms with van der Waals surface area (Å²) in [4.78, 5) is 4.29. The highest BCUT2D eigenvalue weighted by molar-refractivity contribution is 5.85. The fraction of sp³-hybridized carbons (Fsp3) is 0.471. The Balaban J connectivity index is 1.98. The van der Waals surface area contributed by atoms with Crippen LogP contribution in [0.1, 0.15) is 50.1 Å². The van der Waals surface area contributed by atoms with Crippen LogP contribution in [0.5, 0.6) is 0 Å². The molecule has 0 spiro atoms. The first kappa shape index (κ1) is 13.5. The van der Waals surface area contributed by atoms with Gasteiger partial charge in [-0.3, -0.25) is 16.3 Å². The first-order valence-electron chi connectivity index (χ1n) is 7.69. The fourth-order valence-corrected chi connectivity index (χ4v) is 3.53. The molecule has 3 heteroatoms. The van der Waals surface area contributed by atoms with Gasteiger partial charge in [-0.15, -0.1) is 0 Å². The average Bonchev–Trinajstić information content (AvgIpc) is 2.78. The monoisotopic (exact) mass is 269 g/mol. The Morgan fingerprint density at radius 1 is 1.10 bits per heavy atom. The minimum atomic E-state index is 0.237. The number of hydrogen-bond donors (Lipinski definition) is 2. The molecule has 3 rings (SSSR count). The number of rotatable bonds is 3. The van der Waals surface area contributed by atoms with Gasteiger partial charge in [0.05, 0.1) is 0 Å². The Morgan fingerprint density at radius 3 is 2.65 bits per heavy atom. The second kappa shape index (κ2) is 6.33. The number of nitrogens with two attached hydrogens (primary N) is 1. The smallest absolute Gasteiger partial charge is 0.0494 e. The summed E-state index contributed by atoms with van der Waals surface area (Å²) in [6.45, 7) is 0. The molecule has 1 saturated carbocycles. The topological polar surface area (TPSA) is 50.9 Å². The summed E-state index contributed by atoms with van der Waals surface area (Å²) >= 11 is 0. The van der Waals surface area contributed by atoms with Crippen LogP contribution in [-0.4, -0.2) is 4.98 Å². The van der Waals surface area contributed by atoms with Crippen molar-refractivity contribution in [2.45, 2.75) is 44.6 Å². The SMILES string of the molecule is NNC(c1cccc2ccncc12)C1CCCCCC1. The van der Waals surface area contributed by atoms with Crippen LogP contribution in [0.25, 0.3) is 10.8 Å². The Labute approximate surface area is 120 Å². The van der Waals surface area contributed by atoms with Gasteiger partial charge in [-0.05, 0) is 35.8 Å². The molecule has 1 heterocycles. The van der Waals surface area contributed by atoms with Crippen LogP contribution in [0.15, 0.2) is 36.7 Å². The minimum Gasteiger partial charge on any atom is -0.271 e. The second-order valence-corrected chi connectivity index (χ2v) is 5.84. The molecule has 0 aliphatic heterocycles. The lowest BCUT2D eigenvalue weighted by atomic mass is 9.86. The van der Waals surface area contributed by atoms with Crippen molar-refractivity contribution in [3.05, 3.63) is 42.2 Å². The number of benzene rings is 1. The third-order valence-electron chi connectivity index (χ3n) is 4.60. The third kappa shape index (κ3) is 2.69. The Bertz CT molecular complexity index is 554. The maximum absolute atomic E-state index is 5.91. The molecule has 106 valence electrons. The molecule has 1 aromatic heterocycles. The predicted molar refractivity (Wildman–Crippen MR) is 83.0 cm³/mol. The molecule has 0 bridgehead atoms. The van der Waals surface area contributed by atoms with Crippen molar-refractivity contribution in [1.29, 1.82) is 0 Å². The fourth-order valence-electron chi connectivity index (χ4n) is 3.53. The van der Waals surface area contributed by atoms with E-state index in [1.165, 1.54) is 54.9 Å². The lowest BCUT2D eigenvalue weighted by molar-refractivity contribution is 0.330. The van der Waals surface area contributed by atoms with E-state index >= 15 is 0 Å². The van der Waals surface area contributed by atoms with E-state index in [9.17, 15) is 0 Å². The van der Waals surface area contributed by atoms with Gasteiger partial charge in [-0.1, -0.05) is 43.9 Å². The number of pyridine rings is 1. The second-order valence-electron chi connectivity index (χ2n) is 5.84. The van der Waals surface area contributed by atoms with Crippen molar-refractivity contribution < 1.29 is 0 Å². The highest BCUT2D eigenvalue weighted by atomic mass is 15.2. The largest absolute Gasteiger partial charge is 0.271 e. The van der Waals surface area contributed by atoms with Gasteiger partial charge in [0.2, 0.25) is 0 Å². The van der Waals surface area contributed by atoms with Gasteiger partial charge in [0, 0.05) is 23.8 Å². The number of hydrazine groups is 1. The summed E-state index contributed by atoms with van der Waals surface area (Å²) < 4.78 is 0. The van der Waals surface area contributed by atoms with Gasteiger partial charge < -0.3 is 0 Å². The quantitative estimate of drug-likeness (QED) is 0.507. The van der Waals surface area contributed by atoms with Crippen molar-refractivity contribution >= 4 is 10.8 Å². The average molecular weight is 269 g/mol. The molecule has 3 nitrogen and oxygen atoms in total. The van der Waals surface area contributed by atoms with Crippen LogP contribution in [-0.2, 0) is 0 Å². The Kier molecular flexibility index (Phi) is 4.28. The number of nitrogens with one attached hydrogen (secondary N) is 1. The highest BCUT2D eigenvalue weighted by Gasteiger charge is 2.24. The molecule has 0 radical (unpaired) electrons. The van der Waals surface area contributed by atoms with E-state index in [4.69, 9.17) is 5.84 Å². The van der Waals surface area contributed by atoms with Gasteiger partial charge >= 0.3 is 0 Å². The lowest BCUT2D eigenvalue weighted by Gasteiger charge is -2.27. The zero-order valence-corrected chi connectivity index (χ0v) is 11.9. The maximum atomic E-state index is 5.91. The molecule has 20 heavy (non-hydrogen) atoms. The van der Waals surface area contributed by atoms with E-state index in [1.807, 2.05) is 12.4 Å². The molecule has 0 saturated heterocycles. The zero-order valence-electron chi connectivity index (χ0n) is 11.9. The van der Waals surface area contributed by atoms with Crippen LogP contribution < -0.4 is 11.3 Å². The van der Waals surface area contributed by atoms with Gasteiger partial charge in [-0.2, -0.15) is 0 Å². The number of aromatic nitrogens is 1. The van der Waals surface area contributed by atoms with Crippen LogP contribution in [0.2, 0.25) is 0 Å². The number of hydrogen-bond acceptors (Lipinski definition) is 3. The zero-order chi connectivity index (χ0) is 13.8. The number of nitrogens with zero attached hydrogens (tertiary/aromatic N) is 1. The van der Waals surface area contributed by atoms with E-state index in [0.717, 1.165) is 0 Å². The Hall–Kier alpha value is -1.45. The van der Waals surface area contributed by atoms with E-state index in [-0.39, 0.29) is 6.04 Å². The van der Waals surface area contributed by atoms with Crippen molar-refractivity contribution in [2.75, 3.05) is 0 Å². The van der Waals surface area contributed by atoms with Crippen molar-refractivity contribution in [2.24, 2.45) is 11.8 Å². The van der Waals surface area contributed by atoms with E-state index < -0.39 is 0 Å². The molecule has 2 aromatic rings. The maximum Gasteiger partial charge on any atom is 0.0494 e. The normalized spacial score (nSPS) is 18.9. The molecular weight excluding hydrogens is 246 g/mol. The van der Waals surface area contributed by atoms with Crippen LogP contribution in [0, 0.1) is 5.92 Å². The molecule has 1 atom stereocenters. The third-order valence-corrected chi connectivity index (χ3v) is 4.60. The van der Waals surface area contributed by atoms with Gasteiger partial charge in [0.15, 0.2) is 0 Å². The van der Waals surface area contributed by atoms with Crippen molar-refractivity contribution in [3.8, 4) is 0 Å². The van der Waals surface area contributed by atoms with Crippen LogP contribution in [0.3, 0.4) is 0 Å². The van der Waals surface area contributed by atoms with E-state index in [0.29, 0.717) is 5.92 Å². The molecule has 0 amide bonds. The van der Waals surface area contributed by atoms with Crippen molar-refractivity contribution in [1.82, 2.24) is 10.4 Å². The highest BCUT2D eigenvalue weighted by Crippen LogP contribution is 2.35. The molecule has 1 aliphatic rings. The summed E-state index contributed by atoms with van der Waals surface area (Å²) in [6, 6.07) is 8.76. The summed E-state index contributed by atoms with van der Waals surface area (Å²) in [5, 5.41) is 2.47. The minimum absolute atomic E-state index is 0.237. The molecular formula is C17H23N3. The number of fused-ring (bicyclic) bond motifs is 1. The molecule has 1 unspecified atom stereocenters. The van der Waals surface area contributed by atoms with E-state index in [1.54, 1.807) is 0 Å². The Morgan fingerprint density at radius 2 is 1.90 bits per heavy atom. The lowest BCUT2D eigenvalue weighted by Crippen LogP contribution is -2.33. The van der Waals surface area contributed by atoms with Crippen LogP contribution >= 0.6 is 0 Å². The molecule has 3 N–H and O–H groups in total. The molecule has 1 aliphatic carbocycles. The molecule has 1 aromatic carbocycles. The van der Waals surface area contributed by atoms with Gasteiger partial charge in [0.1, 0.15) is 0 Å². The standard InChI is InChI=1S/C17H23N3/c18-20-17(14-6-3-1-2-4-7-14)15-9-5-8-13-10-11-19-12-16(13)15/h5,8-12,14,17,20H,1-4,6-7,18H2. The molecule has 1 fully saturated rings. The van der Waals surface area contributed by atoms with Crippen molar-refractivity contribution in [3.63, 3.8) is 0 Å². The summed E-state index contributed by atoms with van der Waals surface area (Å²) in [5.41, 5.74) is 4.38. The first-order valence-corrected chi connectivity index (χ1v) is 7.69. The van der Waals surface area contributed by atoms with Crippen LogP contribution in [0.4, 0.5) is 0 Å². The summed E-state index contributed by atoms with van der Waals surface area (Å²) in [7, 11) is 0. The van der Waals surface area contributed by atoms with Gasteiger partial charge in [-0.25, -0.2) is 0 Å². The van der Waals surface area contributed by atoms with Gasteiger partial charge in [0.25, 0.3) is 0 Å². The predicted octanol–water partition coefficient (Wildman–Crippen LogP) is 3.71. The first-order chi connectivity index (χ1) is 9.90.